The van der Waals surface area contributed by atoms with E-state index in [9.17, 15) is 19.5 Å². The molecule has 2 heterocycles. The number of nitrogens with zero attached hydrogens (tertiary/aromatic N) is 1. The van der Waals surface area contributed by atoms with E-state index in [0.29, 0.717) is 25.8 Å². The molecular formula is C20H26N4O5. The molecule has 0 radical (unpaired) electrons. The van der Waals surface area contributed by atoms with Gasteiger partial charge in [-0.15, -0.1) is 0 Å². The van der Waals surface area contributed by atoms with Crippen LogP contribution in [0.15, 0.2) is 30.5 Å². The Morgan fingerprint density at radius 2 is 2.07 bits per heavy atom. The van der Waals surface area contributed by atoms with Gasteiger partial charge in [-0.2, -0.15) is 0 Å². The lowest BCUT2D eigenvalue weighted by Crippen LogP contribution is -2.56. The van der Waals surface area contributed by atoms with Crippen molar-refractivity contribution in [3.05, 3.63) is 36.0 Å². The lowest BCUT2D eigenvalue weighted by molar-refractivity contribution is -0.146. The van der Waals surface area contributed by atoms with Crippen LogP contribution in [0.5, 0.6) is 0 Å². The number of likely N-dealkylation sites (tertiary alicyclic amines) is 1. The van der Waals surface area contributed by atoms with Gasteiger partial charge in [-0.05, 0) is 37.8 Å². The number of hydrogen-bond acceptors (Lipinski definition) is 5. The number of carboxylic acids is 1. The summed E-state index contributed by atoms with van der Waals surface area (Å²) in [5.41, 5.74) is 8.04. The molecule has 0 spiro atoms. The quantitative estimate of drug-likeness (QED) is 0.439. The number of carbonyl (C=O) groups is 3. The zero-order valence-corrected chi connectivity index (χ0v) is 16.2. The lowest BCUT2D eigenvalue weighted by atomic mass is 10.0. The average Bonchev–Trinajstić information content (AvgIpc) is 3.32. The van der Waals surface area contributed by atoms with Crippen molar-refractivity contribution in [1.29, 1.82) is 0 Å². The van der Waals surface area contributed by atoms with Crippen molar-refractivity contribution in [2.75, 3.05) is 6.54 Å². The average molecular weight is 402 g/mol. The van der Waals surface area contributed by atoms with Gasteiger partial charge in [0, 0.05) is 23.6 Å². The summed E-state index contributed by atoms with van der Waals surface area (Å²) in [6, 6.07) is 4.67. The molecule has 1 aliphatic heterocycles. The molecule has 1 aromatic carbocycles. The van der Waals surface area contributed by atoms with E-state index in [1.165, 1.54) is 11.8 Å². The van der Waals surface area contributed by atoms with Crippen molar-refractivity contribution < 1.29 is 24.6 Å². The molecule has 1 saturated heterocycles. The molecule has 1 fully saturated rings. The van der Waals surface area contributed by atoms with E-state index in [1.54, 1.807) is 0 Å². The second kappa shape index (κ2) is 8.62. The van der Waals surface area contributed by atoms with E-state index in [1.807, 2.05) is 30.5 Å². The van der Waals surface area contributed by atoms with Crippen molar-refractivity contribution in [3.8, 4) is 0 Å². The monoisotopic (exact) mass is 402 g/mol. The van der Waals surface area contributed by atoms with Gasteiger partial charge in [-0.3, -0.25) is 9.59 Å². The van der Waals surface area contributed by atoms with Crippen LogP contribution in [-0.4, -0.2) is 68.7 Å². The highest BCUT2D eigenvalue weighted by Crippen LogP contribution is 2.22. The number of para-hydroxylation sites is 1. The molecule has 9 nitrogen and oxygen atoms in total. The van der Waals surface area contributed by atoms with Crippen LogP contribution in [0, 0.1) is 0 Å². The minimum Gasteiger partial charge on any atom is -0.480 e. The zero-order chi connectivity index (χ0) is 21.1. The number of carboxylic acid groups (broad SMARTS) is 1. The fraction of sp³-hybridized carbons (Fsp3) is 0.450. The normalized spacial score (nSPS) is 19.7. The SMILES string of the molecule is CC(O)C(NC(=O)C1CCCN1C(=O)C(N)Cc1c[nH]c2ccccc12)C(=O)O. The van der Waals surface area contributed by atoms with Gasteiger partial charge in [0.05, 0.1) is 12.1 Å². The van der Waals surface area contributed by atoms with Gasteiger partial charge in [0.2, 0.25) is 11.8 Å². The number of aromatic amines is 1. The van der Waals surface area contributed by atoms with Crippen molar-refractivity contribution in [1.82, 2.24) is 15.2 Å². The number of H-pyrrole nitrogens is 1. The van der Waals surface area contributed by atoms with Crippen LogP contribution in [0.2, 0.25) is 0 Å². The summed E-state index contributed by atoms with van der Waals surface area (Å²) in [5, 5.41) is 22.0. The van der Waals surface area contributed by atoms with Gasteiger partial charge in [0.25, 0.3) is 0 Å². The standard InChI is InChI=1S/C20H26N4O5/c1-11(25)17(20(28)29)23-18(26)16-7-4-8-24(16)19(27)14(21)9-12-10-22-15-6-3-2-5-13(12)15/h2-3,5-6,10-11,14,16-17,22,25H,4,7-9,21H2,1H3,(H,23,26)(H,28,29). The van der Waals surface area contributed by atoms with Gasteiger partial charge in [-0.1, -0.05) is 18.2 Å². The Morgan fingerprint density at radius 1 is 1.34 bits per heavy atom. The number of nitrogens with one attached hydrogen (secondary N) is 2. The summed E-state index contributed by atoms with van der Waals surface area (Å²) in [6.07, 6.45) is 1.93. The van der Waals surface area contributed by atoms with Gasteiger partial charge in [0.1, 0.15) is 6.04 Å². The van der Waals surface area contributed by atoms with Gasteiger partial charge >= 0.3 is 5.97 Å². The molecule has 0 bridgehead atoms. The Labute approximate surface area is 167 Å². The third-order valence-electron chi connectivity index (χ3n) is 5.32. The molecule has 156 valence electrons. The van der Waals surface area contributed by atoms with Gasteiger partial charge in [0.15, 0.2) is 6.04 Å². The third kappa shape index (κ3) is 4.41. The topological polar surface area (TPSA) is 149 Å². The van der Waals surface area contributed by atoms with Crippen LogP contribution in [0.25, 0.3) is 10.9 Å². The highest BCUT2D eigenvalue weighted by molar-refractivity contribution is 5.93. The van der Waals surface area contributed by atoms with E-state index in [4.69, 9.17) is 10.8 Å². The number of aliphatic hydroxyl groups excluding tert-OH is 1. The van der Waals surface area contributed by atoms with Gasteiger partial charge < -0.3 is 31.1 Å². The maximum Gasteiger partial charge on any atom is 0.328 e. The molecular weight excluding hydrogens is 376 g/mol. The Morgan fingerprint density at radius 3 is 2.76 bits per heavy atom. The summed E-state index contributed by atoms with van der Waals surface area (Å²) in [7, 11) is 0. The molecule has 1 aliphatic rings. The number of hydrogen-bond donors (Lipinski definition) is 5. The number of amides is 2. The zero-order valence-electron chi connectivity index (χ0n) is 16.2. The predicted octanol–water partition coefficient (Wildman–Crippen LogP) is -0.0211. The first-order valence-corrected chi connectivity index (χ1v) is 9.62. The summed E-state index contributed by atoms with van der Waals surface area (Å²) in [6.45, 7) is 1.67. The molecule has 4 unspecified atom stereocenters. The molecule has 9 heteroatoms. The third-order valence-corrected chi connectivity index (χ3v) is 5.32. The summed E-state index contributed by atoms with van der Waals surface area (Å²) >= 11 is 0. The molecule has 0 saturated carbocycles. The molecule has 0 aliphatic carbocycles. The van der Waals surface area contributed by atoms with E-state index >= 15 is 0 Å². The molecule has 6 N–H and O–H groups in total. The van der Waals surface area contributed by atoms with Crippen molar-refractivity contribution >= 4 is 28.7 Å². The first-order valence-electron chi connectivity index (χ1n) is 9.62. The highest BCUT2D eigenvalue weighted by atomic mass is 16.4. The molecule has 2 amide bonds. The van der Waals surface area contributed by atoms with Crippen molar-refractivity contribution in [3.63, 3.8) is 0 Å². The maximum atomic E-state index is 12.9. The second-order valence-electron chi connectivity index (χ2n) is 7.42. The molecule has 3 rings (SSSR count). The number of fused-ring (bicyclic) bond motifs is 1. The smallest absolute Gasteiger partial charge is 0.328 e. The van der Waals surface area contributed by atoms with Crippen LogP contribution in [0.1, 0.15) is 25.3 Å². The molecule has 29 heavy (non-hydrogen) atoms. The van der Waals surface area contributed by atoms with Crippen LogP contribution < -0.4 is 11.1 Å². The Balaban J connectivity index is 1.68. The van der Waals surface area contributed by atoms with Crippen LogP contribution in [0.3, 0.4) is 0 Å². The summed E-state index contributed by atoms with van der Waals surface area (Å²) in [5.74, 6) is -2.28. The summed E-state index contributed by atoms with van der Waals surface area (Å²) < 4.78 is 0. The molecule has 4 atom stereocenters. The van der Waals surface area contributed by atoms with Crippen LogP contribution >= 0.6 is 0 Å². The number of nitrogens with two attached hydrogens (primary N) is 1. The number of aliphatic carboxylic acids is 1. The number of benzene rings is 1. The largest absolute Gasteiger partial charge is 0.480 e. The van der Waals surface area contributed by atoms with Crippen molar-refractivity contribution in [2.45, 2.75) is 50.4 Å². The fourth-order valence-corrected chi connectivity index (χ4v) is 3.78. The second-order valence-corrected chi connectivity index (χ2v) is 7.42. The summed E-state index contributed by atoms with van der Waals surface area (Å²) in [4.78, 5) is 41.3. The fourth-order valence-electron chi connectivity index (χ4n) is 3.78. The van der Waals surface area contributed by atoms with E-state index in [2.05, 4.69) is 10.3 Å². The first kappa shape index (κ1) is 20.8. The first-order chi connectivity index (χ1) is 13.8. The van der Waals surface area contributed by atoms with Crippen LogP contribution in [0.4, 0.5) is 0 Å². The number of aliphatic hydroxyl groups is 1. The van der Waals surface area contributed by atoms with E-state index in [-0.39, 0.29) is 5.91 Å². The minimum atomic E-state index is -1.43. The predicted molar refractivity (Wildman–Crippen MR) is 106 cm³/mol. The molecule has 2 aromatic rings. The number of rotatable bonds is 7. The van der Waals surface area contributed by atoms with Gasteiger partial charge in [-0.25, -0.2) is 4.79 Å². The van der Waals surface area contributed by atoms with E-state index < -0.39 is 36.1 Å². The van der Waals surface area contributed by atoms with Crippen molar-refractivity contribution in [2.24, 2.45) is 5.73 Å². The Hall–Kier alpha value is -2.91. The van der Waals surface area contributed by atoms with Crippen LogP contribution in [-0.2, 0) is 20.8 Å². The minimum absolute atomic E-state index is 0.319. The Kier molecular flexibility index (Phi) is 6.19. The highest BCUT2D eigenvalue weighted by Gasteiger charge is 2.38. The molecule has 1 aromatic heterocycles. The van der Waals surface area contributed by atoms with E-state index in [0.717, 1.165) is 16.5 Å². The lowest BCUT2D eigenvalue weighted by Gasteiger charge is -2.28. The Bertz CT molecular complexity index is 909. The number of carbonyl (C=O) groups excluding carboxylic acids is 2. The number of aromatic nitrogens is 1. The maximum absolute atomic E-state index is 12.9.